The lowest BCUT2D eigenvalue weighted by Gasteiger charge is -2.21. The zero-order valence-corrected chi connectivity index (χ0v) is 14.1. The molecule has 1 heterocycles. The third-order valence-electron chi connectivity index (χ3n) is 5.24. The van der Waals surface area contributed by atoms with Gasteiger partial charge in [0.2, 0.25) is 0 Å². The summed E-state index contributed by atoms with van der Waals surface area (Å²) in [5.74, 6) is 0.158. The summed E-state index contributed by atoms with van der Waals surface area (Å²) in [6.45, 7) is 3.17. The number of aliphatic carboxylic acids is 1. The Kier molecular flexibility index (Phi) is 5.04. The Morgan fingerprint density at radius 1 is 1.26 bits per heavy atom. The van der Waals surface area contributed by atoms with Crippen LogP contribution in [-0.4, -0.2) is 15.6 Å². The zero-order chi connectivity index (χ0) is 16.2. The van der Waals surface area contributed by atoms with Crippen LogP contribution < -0.4 is 0 Å². The molecule has 1 fully saturated rings. The second-order valence-corrected chi connectivity index (χ2v) is 7.07. The van der Waals surface area contributed by atoms with E-state index in [4.69, 9.17) is 5.11 Å². The highest BCUT2D eigenvalue weighted by molar-refractivity contribution is 5.85. The largest absolute Gasteiger partial charge is 0.481 e. The lowest BCUT2D eigenvalue weighted by atomic mass is 9.86. The van der Waals surface area contributed by atoms with Crippen LogP contribution in [0.3, 0.4) is 0 Å². The summed E-state index contributed by atoms with van der Waals surface area (Å²) in [4.78, 5) is 10.9. The molecule has 23 heavy (non-hydrogen) atoms. The van der Waals surface area contributed by atoms with Crippen LogP contribution in [0.1, 0.15) is 56.1 Å². The van der Waals surface area contributed by atoms with Gasteiger partial charge in [0, 0.05) is 23.6 Å². The van der Waals surface area contributed by atoms with Gasteiger partial charge in [-0.2, -0.15) is 0 Å². The quantitative estimate of drug-likeness (QED) is 0.821. The summed E-state index contributed by atoms with van der Waals surface area (Å²) in [6.07, 6.45) is 11.9. The number of aryl methyl sites for hydroxylation is 2. The number of hydrogen-bond acceptors (Lipinski definition) is 1. The van der Waals surface area contributed by atoms with Crippen molar-refractivity contribution < 1.29 is 9.90 Å². The average Bonchev–Trinajstić information content (AvgIpc) is 2.84. The third-order valence-corrected chi connectivity index (χ3v) is 5.24. The second-order valence-electron chi connectivity index (χ2n) is 7.07. The first-order valence-corrected chi connectivity index (χ1v) is 8.93. The van der Waals surface area contributed by atoms with E-state index in [0.717, 1.165) is 18.0 Å². The average molecular weight is 313 g/mol. The van der Waals surface area contributed by atoms with Crippen molar-refractivity contribution in [3.05, 3.63) is 35.5 Å². The number of rotatable bonds is 6. The maximum atomic E-state index is 10.9. The predicted molar refractivity (Wildman–Crippen MR) is 93.8 cm³/mol. The minimum Gasteiger partial charge on any atom is -0.481 e. The summed E-state index contributed by atoms with van der Waals surface area (Å²) in [7, 11) is 0. The van der Waals surface area contributed by atoms with Crippen molar-refractivity contribution in [1.29, 1.82) is 0 Å². The highest BCUT2D eigenvalue weighted by Gasteiger charge is 2.13. The van der Waals surface area contributed by atoms with Crippen molar-refractivity contribution in [3.8, 4) is 0 Å². The first-order valence-electron chi connectivity index (χ1n) is 8.93. The molecule has 1 N–H and O–H groups in total. The molecule has 3 rings (SSSR count). The fourth-order valence-corrected chi connectivity index (χ4v) is 4.02. The first-order chi connectivity index (χ1) is 11.1. The number of carbonyl (C=O) groups is 1. The van der Waals surface area contributed by atoms with Crippen LogP contribution in [0.5, 0.6) is 0 Å². The summed E-state index contributed by atoms with van der Waals surface area (Å²) in [5, 5.41) is 10.2. The molecule has 0 radical (unpaired) electrons. The van der Waals surface area contributed by atoms with E-state index in [9.17, 15) is 4.79 Å². The third kappa shape index (κ3) is 3.95. The SMILES string of the molecule is Cc1cn(CCCC2CCCCC2)c2cc(CC(=O)O)ccc12. The topological polar surface area (TPSA) is 42.2 Å². The van der Waals surface area contributed by atoms with E-state index in [2.05, 4.69) is 29.8 Å². The van der Waals surface area contributed by atoms with Gasteiger partial charge in [-0.1, -0.05) is 44.2 Å². The van der Waals surface area contributed by atoms with Crippen LogP contribution in [0.15, 0.2) is 24.4 Å². The molecule has 124 valence electrons. The smallest absolute Gasteiger partial charge is 0.307 e. The molecule has 0 saturated heterocycles. The minimum atomic E-state index is -0.767. The monoisotopic (exact) mass is 313 g/mol. The molecular weight excluding hydrogens is 286 g/mol. The fourth-order valence-electron chi connectivity index (χ4n) is 4.02. The van der Waals surface area contributed by atoms with Gasteiger partial charge >= 0.3 is 5.97 Å². The van der Waals surface area contributed by atoms with Gasteiger partial charge in [0.15, 0.2) is 0 Å². The Morgan fingerprint density at radius 2 is 2.04 bits per heavy atom. The fraction of sp³-hybridized carbons (Fsp3) is 0.550. The van der Waals surface area contributed by atoms with Gasteiger partial charge in [-0.3, -0.25) is 4.79 Å². The molecule has 1 aromatic heterocycles. The Hall–Kier alpha value is -1.77. The molecule has 2 aromatic rings. The van der Waals surface area contributed by atoms with Crippen molar-refractivity contribution in [2.24, 2.45) is 5.92 Å². The molecule has 3 heteroatoms. The van der Waals surface area contributed by atoms with Gasteiger partial charge in [-0.15, -0.1) is 0 Å². The number of carboxylic acid groups (broad SMARTS) is 1. The number of hydrogen-bond donors (Lipinski definition) is 1. The molecule has 0 spiro atoms. The van der Waals surface area contributed by atoms with Gasteiger partial charge < -0.3 is 9.67 Å². The Bertz CT molecular complexity index is 680. The minimum absolute atomic E-state index is 0.0994. The Balaban J connectivity index is 1.70. The van der Waals surface area contributed by atoms with E-state index in [1.807, 2.05) is 6.07 Å². The zero-order valence-electron chi connectivity index (χ0n) is 14.1. The van der Waals surface area contributed by atoms with E-state index >= 15 is 0 Å². The molecule has 3 nitrogen and oxygen atoms in total. The summed E-state index contributed by atoms with van der Waals surface area (Å²) in [5.41, 5.74) is 3.35. The van der Waals surface area contributed by atoms with Crippen molar-refractivity contribution in [2.75, 3.05) is 0 Å². The molecule has 0 unspecified atom stereocenters. The van der Waals surface area contributed by atoms with Crippen molar-refractivity contribution in [2.45, 2.75) is 64.8 Å². The normalized spacial score (nSPS) is 16.0. The van der Waals surface area contributed by atoms with E-state index < -0.39 is 5.97 Å². The Morgan fingerprint density at radius 3 is 2.78 bits per heavy atom. The summed E-state index contributed by atoms with van der Waals surface area (Å²) >= 11 is 0. The number of carboxylic acids is 1. The van der Waals surface area contributed by atoms with Crippen molar-refractivity contribution >= 4 is 16.9 Å². The standard InChI is InChI=1S/C20H27NO2/c1-15-14-21(11-5-8-16-6-3-2-4-7-16)19-12-17(13-20(22)23)9-10-18(15)19/h9-10,12,14,16H,2-8,11,13H2,1H3,(H,22,23). The predicted octanol–water partition coefficient (Wildman–Crippen LogP) is 4.94. The van der Waals surface area contributed by atoms with Gasteiger partial charge in [-0.05, 0) is 42.9 Å². The highest BCUT2D eigenvalue weighted by Crippen LogP contribution is 2.28. The highest BCUT2D eigenvalue weighted by atomic mass is 16.4. The molecule has 0 bridgehead atoms. The molecule has 0 atom stereocenters. The number of fused-ring (bicyclic) bond motifs is 1. The molecule has 0 aliphatic heterocycles. The number of aromatic nitrogens is 1. The van der Waals surface area contributed by atoms with Gasteiger partial charge in [0.25, 0.3) is 0 Å². The summed E-state index contributed by atoms with van der Waals surface area (Å²) < 4.78 is 2.32. The van der Waals surface area contributed by atoms with Gasteiger partial charge in [0.05, 0.1) is 6.42 Å². The Labute approximate surface area is 138 Å². The molecular formula is C20H27NO2. The molecule has 0 amide bonds. The van der Waals surface area contributed by atoms with Crippen LogP contribution in [0.2, 0.25) is 0 Å². The van der Waals surface area contributed by atoms with Gasteiger partial charge in [-0.25, -0.2) is 0 Å². The van der Waals surface area contributed by atoms with E-state index in [0.29, 0.717) is 0 Å². The van der Waals surface area contributed by atoms with Crippen LogP contribution in [0.4, 0.5) is 0 Å². The lowest BCUT2D eigenvalue weighted by molar-refractivity contribution is -0.136. The van der Waals surface area contributed by atoms with E-state index in [1.165, 1.54) is 61.4 Å². The second kappa shape index (κ2) is 7.20. The number of benzene rings is 1. The lowest BCUT2D eigenvalue weighted by Crippen LogP contribution is -2.07. The van der Waals surface area contributed by atoms with E-state index in [-0.39, 0.29) is 6.42 Å². The maximum absolute atomic E-state index is 10.9. The van der Waals surface area contributed by atoms with Crippen LogP contribution in [0, 0.1) is 12.8 Å². The molecule has 1 saturated carbocycles. The summed E-state index contributed by atoms with van der Waals surface area (Å²) in [6, 6.07) is 6.06. The van der Waals surface area contributed by atoms with E-state index in [1.54, 1.807) is 0 Å². The molecule has 1 aliphatic carbocycles. The van der Waals surface area contributed by atoms with Crippen LogP contribution >= 0.6 is 0 Å². The molecule has 1 aromatic carbocycles. The van der Waals surface area contributed by atoms with Gasteiger partial charge in [0.1, 0.15) is 0 Å². The number of nitrogens with zero attached hydrogens (tertiary/aromatic N) is 1. The molecule has 1 aliphatic rings. The van der Waals surface area contributed by atoms with Crippen molar-refractivity contribution in [3.63, 3.8) is 0 Å². The van der Waals surface area contributed by atoms with Crippen LogP contribution in [-0.2, 0) is 17.8 Å². The van der Waals surface area contributed by atoms with Crippen LogP contribution in [0.25, 0.3) is 10.9 Å². The first kappa shape index (κ1) is 16.1. The maximum Gasteiger partial charge on any atom is 0.307 e. The van der Waals surface area contributed by atoms with Crippen molar-refractivity contribution in [1.82, 2.24) is 4.57 Å².